The highest BCUT2D eigenvalue weighted by Crippen LogP contribution is 2.28. The number of halogens is 1. The Bertz CT molecular complexity index is 638. The van der Waals surface area contributed by atoms with Crippen molar-refractivity contribution in [2.75, 3.05) is 20.3 Å². The van der Waals surface area contributed by atoms with Gasteiger partial charge >= 0.3 is 0 Å². The Hall–Kier alpha value is -1.94. The molecule has 0 saturated heterocycles. The van der Waals surface area contributed by atoms with E-state index in [4.69, 9.17) is 14.2 Å². The zero-order valence-electron chi connectivity index (χ0n) is 14.0. The first kappa shape index (κ1) is 18.4. The number of ether oxygens (including phenoxy) is 3. The summed E-state index contributed by atoms with van der Waals surface area (Å²) in [6, 6.07) is 13.8. The largest absolute Gasteiger partial charge is 0.494 e. The third kappa shape index (κ3) is 5.93. The molecule has 3 nitrogen and oxygen atoms in total. The molecule has 0 radical (unpaired) electrons. The Kier molecular flexibility index (Phi) is 7.69. The van der Waals surface area contributed by atoms with Gasteiger partial charge in [-0.25, -0.2) is 0 Å². The van der Waals surface area contributed by atoms with Crippen molar-refractivity contribution >= 4 is 15.9 Å². The summed E-state index contributed by atoms with van der Waals surface area (Å²) >= 11 is 3.41. The number of hydrogen-bond acceptors (Lipinski definition) is 3. The lowest BCUT2D eigenvalue weighted by molar-refractivity contribution is 0.258. The Morgan fingerprint density at radius 2 is 1.67 bits per heavy atom. The van der Waals surface area contributed by atoms with E-state index in [1.165, 1.54) is 0 Å². The molecule has 0 amide bonds. The number of hydrogen-bond donors (Lipinski definition) is 0. The SMILES string of the molecule is C=CCc1ccc(OCCCCOc2ccc(Br)cc2)c(OC)c1. The quantitative estimate of drug-likeness (QED) is 0.400. The molecule has 2 aromatic carbocycles. The summed E-state index contributed by atoms with van der Waals surface area (Å²) in [7, 11) is 1.66. The number of unbranched alkanes of at least 4 members (excludes halogenated alkanes) is 1. The fourth-order valence-electron chi connectivity index (χ4n) is 2.23. The van der Waals surface area contributed by atoms with Crippen LogP contribution in [-0.4, -0.2) is 20.3 Å². The fraction of sp³-hybridized carbons (Fsp3) is 0.300. The van der Waals surface area contributed by atoms with Gasteiger partial charge in [0, 0.05) is 4.47 Å². The molecule has 0 aliphatic carbocycles. The molecule has 0 spiro atoms. The smallest absolute Gasteiger partial charge is 0.161 e. The van der Waals surface area contributed by atoms with Crippen LogP contribution in [0.4, 0.5) is 0 Å². The van der Waals surface area contributed by atoms with Gasteiger partial charge in [0.15, 0.2) is 11.5 Å². The monoisotopic (exact) mass is 390 g/mol. The number of rotatable bonds is 10. The number of benzene rings is 2. The van der Waals surface area contributed by atoms with E-state index in [1.54, 1.807) is 7.11 Å². The zero-order valence-corrected chi connectivity index (χ0v) is 15.6. The van der Waals surface area contributed by atoms with Crippen LogP contribution in [-0.2, 0) is 6.42 Å². The van der Waals surface area contributed by atoms with Gasteiger partial charge in [0.2, 0.25) is 0 Å². The van der Waals surface area contributed by atoms with Crippen molar-refractivity contribution in [3.63, 3.8) is 0 Å². The maximum atomic E-state index is 5.82. The van der Waals surface area contributed by atoms with E-state index < -0.39 is 0 Å². The Balaban J connectivity index is 1.70. The number of allylic oxidation sites excluding steroid dienone is 1. The van der Waals surface area contributed by atoms with Crippen molar-refractivity contribution in [2.45, 2.75) is 19.3 Å². The lowest BCUT2D eigenvalue weighted by atomic mass is 10.1. The molecule has 0 heterocycles. The predicted molar refractivity (Wildman–Crippen MR) is 101 cm³/mol. The van der Waals surface area contributed by atoms with E-state index in [0.29, 0.717) is 13.2 Å². The second kappa shape index (κ2) is 10.0. The Labute approximate surface area is 152 Å². The standard InChI is InChI=1S/C20H23BrO3/c1-3-6-16-7-12-19(20(15-16)22-2)24-14-5-4-13-23-18-10-8-17(21)9-11-18/h3,7-12,15H,1,4-6,13-14H2,2H3. The van der Waals surface area contributed by atoms with Crippen molar-refractivity contribution in [2.24, 2.45) is 0 Å². The first-order valence-corrected chi connectivity index (χ1v) is 8.81. The minimum atomic E-state index is 0.640. The minimum absolute atomic E-state index is 0.640. The zero-order chi connectivity index (χ0) is 17.2. The van der Waals surface area contributed by atoms with Crippen LogP contribution >= 0.6 is 15.9 Å². The van der Waals surface area contributed by atoms with Gasteiger partial charge in [-0.15, -0.1) is 6.58 Å². The summed E-state index contributed by atoms with van der Waals surface area (Å²) < 4.78 is 17.9. The predicted octanol–water partition coefficient (Wildman–Crippen LogP) is 5.42. The van der Waals surface area contributed by atoms with Gasteiger partial charge in [-0.05, 0) is 61.2 Å². The molecule has 0 aliphatic rings. The molecule has 4 heteroatoms. The third-order valence-electron chi connectivity index (χ3n) is 3.49. The van der Waals surface area contributed by atoms with E-state index >= 15 is 0 Å². The summed E-state index contributed by atoms with van der Waals surface area (Å²) in [4.78, 5) is 0. The van der Waals surface area contributed by atoms with Gasteiger partial charge in [-0.1, -0.05) is 28.1 Å². The van der Waals surface area contributed by atoms with Gasteiger partial charge in [0.25, 0.3) is 0 Å². The highest BCUT2D eigenvalue weighted by molar-refractivity contribution is 9.10. The molecule has 0 aliphatic heterocycles. The molecule has 24 heavy (non-hydrogen) atoms. The number of methoxy groups -OCH3 is 1. The lowest BCUT2D eigenvalue weighted by Gasteiger charge is -2.12. The third-order valence-corrected chi connectivity index (χ3v) is 4.02. The summed E-state index contributed by atoms with van der Waals surface area (Å²) in [5, 5.41) is 0. The molecular formula is C20H23BrO3. The summed E-state index contributed by atoms with van der Waals surface area (Å²) in [6.45, 7) is 5.07. The van der Waals surface area contributed by atoms with E-state index in [0.717, 1.165) is 46.5 Å². The second-order valence-electron chi connectivity index (χ2n) is 5.34. The maximum Gasteiger partial charge on any atom is 0.161 e. The van der Waals surface area contributed by atoms with Gasteiger partial charge in [0.05, 0.1) is 20.3 Å². The normalized spacial score (nSPS) is 10.2. The van der Waals surface area contributed by atoms with Crippen LogP contribution in [0, 0.1) is 0 Å². The van der Waals surface area contributed by atoms with Gasteiger partial charge in [-0.2, -0.15) is 0 Å². The van der Waals surface area contributed by atoms with Gasteiger partial charge < -0.3 is 14.2 Å². The van der Waals surface area contributed by atoms with Crippen molar-refractivity contribution in [1.29, 1.82) is 0 Å². The Morgan fingerprint density at radius 3 is 2.33 bits per heavy atom. The van der Waals surface area contributed by atoms with Crippen LogP contribution in [0.15, 0.2) is 59.6 Å². The van der Waals surface area contributed by atoms with E-state index in [2.05, 4.69) is 22.5 Å². The molecular weight excluding hydrogens is 368 g/mol. The molecule has 0 atom stereocenters. The summed E-state index contributed by atoms with van der Waals surface area (Å²) in [5.74, 6) is 2.43. The second-order valence-corrected chi connectivity index (χ2v) is 6.25. The van der Waals surface area contributed by atoms with Crippen LogP contribution in [0.1, 0.15) is 18.4 Å². The first-order valence-electron chi connectivity index (χ1n) is 8.02. The average molecular weight is 391 g/mol. The Morgan fingerprint density at radius 1 is 0.958 bits per heavy atom. The van der Waals surface area contributed by atoms with E-state index in [-0.39, 0.29) is 0 Å². The van der Waals surface area contributed by atoms with Crippen LogP contribution < -0.4 is 14.2 Å². The van der Waals surface area contributed by atoms with Crippen molar-refractivity contribution < 1.29 is 14.2 Å². The van der Waals surface area contributed by atoms with Crippen molar-refractivity contribution in [1.82, 2.24) is 0 Å². The molecule has 0 fully saturated rings. The van der Waals surface area contributed by atoms with Crippen molar-refractivity contribution in [3.8, 4) is 17.2 Å². The molecule has 2 rings (SSSR count). The summed E-state index contributed by atoms with van der Waals surface area (Å²) in [5.41, 5.74) is 1.16. The van der Waals surface area contributed by atoms with Crippen LogP contribution in [0.2, 0.25) is 0 Å². The minimum Gasteiger partial charge on any atom is -0.494 e. The van der Waals surface area contributed by atoms with Crippen LogP contribution in [0.3, 0.4) is 0 Å². The highest BCUT2D eigenvalue weighted by atomic mass is 79.9. The van der Waals surface area contributed by atoms with E-state index in [1.807, 2.05) is 48.5 Å². The maximum absolute atomic E-state index is 5.82. The molecule has 128 valence electrons. The molecule has 2 aromatic rings. The highest BCUT2D eigenvalue weighted by Gasteiger charge is 2.05. The van der Waals surface area contributed by atoms with E-state index in [9.17, 15) is 0 Å². The molecule has 0 aromatic heterocycles. The molecule has 0 bridgehead atoms. The van der Waals surface area contributed by atoms with Crippen LogP contribution in [0.5, 0.6) is 17.2 Å². The fourth-order valence-corrected chi connectivity index (χ4v) is 2.50. The lowest BCUT2D eigenvalue weighted by Crippen LogP contribution is -2.03. The van der Waals surface area contributed by atoms with Gasteiger partial charge in [0.1, 0.15) is 5.75 Å². The van der Waals surface area contributed by atoms with Crippen LogP contribution in [0.25, 0.3) is 0 Å². The first-order chi connectivity index (χ1) is 11.7. The average Bonchev–Trinajstić information content (AvgIpc) is 2.60. The molecule has 0 saturated carbocycles. The summed E-state index contributed by atoms with van der Waals surface area (Å²) in [6.07, 6.45) is 4.56. The van der Waals surface area contributed by atoms with Crippen molar-refractivity contribution in [3.05, 3.63) is 65.2 Å². The molecule has 0 N–H and O–H groups in total. The van der Waals surface area contributed by atoms with Gasteiger partial charge in [-0.3, -0.25) is 0 Å². The molecule has 0 unspecified atom stereocenters. The topological polar surface area (TPSA) is 27.7 Å².